The van der Waals surface area contributed by atoms with Crippen LogP contribution in [0.25, 0.3) is 21.5 Å². The van der Waals surface area contributed by atoms with Gasteiger partial charge in [0.05, 0.1) is 34.1 Å². The highest BCUT2D eigenvalue weighted by Gasteiger charge is 2.21. The Bertz CT molecular complexity index is 1120. The van der Waals surface area contributed by atoms with Crippen molar-refractivity contribution in [2.45, 2.75) is 19.4 Å². The lowest BCUT2D eigenvalue weighted by Gasteiger charge is -2.27. The third kappa shape index (κ3) is 3.13. The zero-order chi connectivity index (χ0) is 18.2. The first kappa shape index (κ1) is 16.2. The van der Waals surface area contributed by atoms with Crippen molar-refractivity contribution in [1.29, 1.82) is 0 Å². The average Bonchev–Trinajstić information content (AvgIpc) is 3.16. The minimum atomic E-state index is 0.182. The fourth-order valence-corrected chi connectivity index (χ4v) is 4.19. The molecule has 2 aromatic carbocycles. The number of ether oxygens (including phenoxy) is 1. The molecule has 0 saturated carbocycles. The molecule has 0 saturated heterocycles. The first-order valence-electron chi connectivity index (χ1n) is 8.94. The first-order valence-corrected chi connectivity index (χ1v) is 9.82. The van der Waals surface area contributed by atoms with E-state index < -0.39 is 0 Å². The minimum Gasteiger partial charge on any atom is -0.493 e. The molecule has 0 unspecified atom stereocenters. The zero-order valence-corrected chi connectivity index (χ0v) is 15.7. The Balaban J connectivity index is 1.49. The lowest BCUT2D eigenvalue weighted by Crippen LogP contribution is -2.21. The quantitative estimate of drug-likeness (QED) is 0.547. The van der Waals surface area contributed by atoms with Gasteiger partial charge in [-0.3, -0.25) is 0 Å². The summed E-state index contributed by atoms with van der Waals surface area (Å²) in [6.45, 7) is 2.63. The van der Waals surface area contributed by atoms with Crippen LogP contribution in [0.1, 0.15) is 23.9 Å². The van der Waals surface area contributed by atoms with E-state index in [-0.39, 0.29) is 6.04 Å². The fourth-order valence-electron chi connectivity index (χ4n) is 3.47. The number of nitrogens with zero attached hydrogens (tertiary/aromatic N) is 3. The number of hydrogen-bond donors (Lipinski definition) is 1. The van der Waals surface area contributed by atoms with Gasteiger partial charge in [-0.15, -0.1) is 11.3 Å². The van der Waals surface area contributed by atoms with Gasteiger partial charge in [0, 0.05) is 23.6 Å². The van der Waals surface area contributed by atoms with Gasteiger partial charge in [0.1, 0.15) is 17.4 Å². The maximum atomic E-state index is 5.76. The summed E-state index contributed by atoms with van der Waals surface area (Å²) < 4.78 is 6.93. The predicted molar refractivity (Wildman–Crippen MR) is 108 cm³/mol. The van der Waals surface area contributed by atoms with Crippen LogP contribution in [0.5, 0.6) is 5.75 Å². The van der Waals surface area contributed by atoms with Crippen molar-refractivity contribution in [3.05, 3.63) is 65.4 Å². The Morgan fingerprint density at radius 2 is 2.04 bits per heavy atom. The van der Waals surface area contributed by atoms with Gasteiger partial charge in [-0.1, -0.05) is 24.3 Å². The molecule has 5 nitrogen and oxygen atoms in total. The van der Waals surface area contributed by atoms with Gasteiger partial charge in [0.25, 0.3) is 0 Å². The van der Waals surface area contributed by atoms with Crippen LogP contribution >= 0.6 is 11.3 Å². The summed E-state index contributed by atoms with van der Waals surface area (Å²) in [5.41, 5.74) is 6.06. The minimum absolute atomic E-state index is 0.182. The van der Waals surface area contributed by atoms with Crippen LogP contribution in [0.2, 0.25) is 0 Å². The highest BCUT2D eigenvalue weighted by Crippen LogP contribution is 2.34. The molecule has 134 valence electrons. The Morgan fingerprint density at radius 3 is 3.00 bits per heavy atom. The number of benzene rings is 2. The lowest BCUT2D eigenvalue weighted by atomic mass is 10.0. The van der Waals surface area contributed by atoms with Crippen LogP contribution in [-0.2, 0) is 0 Å². The third-order valence-electron chi connectivity index (χ3n) is 4.75. The Kier molecular flexibility index (Phi) is 3.98. The molecule has 0 amide bonds. The van der Waals surface area contributed by atoms with E-state index in [2.05, 4.69) is 38.5 Å². The molecule has 0 bridgehead atoms. The van der Waals surface area contributed by atoms with Gasteiger partial charge in [-0.05, 0) is 25.1 Å². The second-order valence-corrected chi connectivity index (χ2v) is 7.48. The molecule has 0 aliphatic carbocycles. The molecule has 1 aliphatic heterocycles. The Labute approximate surface area is 161 Å². The lowest BCUT2D eigenvalue weighted by molar-refractivity contribution is 0.274. The summed E-state index contributed by atoms with van der Waals surface area (Å²) in [6.07, 6.45) is 0.905. The van der Waals surface area contributed by atoms with E-state index in [0.717, 1.165) is 45.3 Å². The molecular formula is C21H18N4OS. The second-order valence-electron chi connectivity index (χ2n) is 6.59. The molecule has 1 N–H and O–H groups in total. The van der Waals surface area contributed by atoms with Gasteiger partial charge in [0.2, 0.25) is 0 Å². The third-order valence-corrected chi connectivity index (χ3v) is 5.54. The van der Waals surface area contributed by atoms with Crippen LogP contribution in [0.15, 0.2) is 54.0 Å². The number of rotatable bonds is 3. The van der Waals surface area contributed by atoms with Gasteiger partial charge in [-0.2, -0.15) is 0 Å². The van der Waals surface area contributed by atoms with Crippen molar-refractivity contribution in [1.82, 2.24) is 15.0 Å². The van der Waals surface area contributed by atoms with Crippen LogP contribution in [0.3, 0.4) is 0 Å². The molecule has 1 atom stereocenters. The van der Waals surface area contributed by atoms with Crippen LogP contribution < -0.4 is 10.1 Å². The molecule has 0 spiro atoms. The fraction of sp³-hybridized carbons (Fsp3) is 0.190. The van der Waals surface area contributed by atoms with E-state index in [1.807, 2.05) is 42.8 Å². The highest BCUT2D eigenvalue weighted by atomic mass is 32.1. The molecule has 1 aliphatic rings. The number of nitrogens with one attached hydrogen (secondary N) is 1. The van der Waals surface area contributed by atoms with Crippen molar-refractivity contribution >= 4 is 27.4 Å². The van der Waals surface area contributed by atoms with Crippen LogP contribution in [0.4, 0.5) is 5.82 Å². The van der Waals surface area contributed by atoms with Crippen molar-refractivity contribution in [2.75, 3.05) is 11.9 Å². The molecule has 3 heterocycles. The van der Waals surface area contributed by atoms with E-state index in [1.165, 1.54) is 5.56 Å². The number of anilines is 1. The Morgan fingerprint density at radius 1 is 1.11 bits per heavy atom. The van der Waals surface area contributed by atoms with Crippen molar-refractivity contribution in [3.8, 4) is 17.0 Å². The largest absolute Gasteiger partial charge is 0.493 e. The summed E-state index contributed by atoms with van der Waals surface area (Å²) in [5, 5.41) is 3.58. The average molecular weight is 374 g/mol. The van der Waals surface area contributed by atoms with Crippen LogP contribution in [-0.4, -0.2) is 21.6 Å². The summed E-state index contributed by atoms with van der Waals surface area (Å²) in [7, 11) is 0. The number of hydrogen-bond acceptors (Lipinski definition) is 6. The number of thiazole rings is 1. The van der Waals surface area contributed by atoms with E-state index in [9.17, 15) is 0 Å². The zero-order valence-electron chi connectivity index (χ0n) is 14.8. The van der Waals surface area contributed by atoms with Gasteiger partial charge in [0.15, 0.2) is 0 Å². The molecule has 2 aromatic heterocycles. The smallest absolute Gasteiger partial charge is 0.130 e. The SMILES string of the molecule is Cc1nc(N[C@@H]2CCOc3ccccc32)cc(-c2ccc3ncsc3c2)n1. The highest BCUT2D eigenvalue weighted by molar-refractivity contribution is 7.16. The summed E-state index contributed by atoms with van der Waals surface area (Å²) in [5.74, 6) is 2.53. The molecule has 0 radical (unpaired) electrons. The second kappa shape index (κ2) is 6.63. The summed E-state index contributed by atoms with van der Waals surface area (Å²) in [4.78, 5) is 13.6. The van der Waals surface area contributed by atoms with Crippen molar-refractivity contribution in [3.63, 3.8) is 0 Å². The monoisotopic (exact) mass is 374 g/mol. The molecule has 0 fully saturated rings. The van der Waals surface area contributed by atoms with E-state index >= 15 is 0 Å². The predicted octanol–water partition coefficient (Wildman–Crippen LogP) is 5.00. The maximum Gasteiger partial charge on any atom is 0.130 e. The number of para-hydroxylation sites is 1. The van der Waals surface area contributed by atoms with E-state index in [1.54, 1.807) is 11.3 Å². The van der Waals surface area contributed by atoms with Gasteiger partial charge in [-0.25, -0.2) is 15.0 Å². The van der Waals surface area contributed by atoms with E-state index in [4.69, 9.17) is 4.74 Å². The number of aryl methyl sites for hydroxylation is 1. The molecule has 4 aromatic rings. The van der Waals surface area contributed by atoms with Crippen LogP contribution in [0, 0.1) is 6.92 Å². The first-order chi connectivity index (χ1) is 13.3. The molecule has 6 heteroatoms. The summed E-state index contributed by atoms with van der Waals surface area (Å²) in [6, 6.07) is 16.6. The number of aromatic nitrogens is 3. The van der Waals surface area contributed by atoms with Crippen molar-refractivity contribution in [2.24, 2.45) is 0 Å². The van der Waals surface area contributed by atoms with Gasteiger partial charge < -0.3 is 10.1 Å². The molecule has 27 heavy (non-hydrogen) atoms. The van der Waals surface area contributed by atoms with Crippen molar-refractivity contribution < 1.29 is 4.74 Å². The molecule has 5 rings (SSSR count). The topological polar surface area (TPSA) is 59.9 Å². The number of fused-ring (bicyclic) bond motifs is 2. The molecular weight excluding hydrogens is 356 g/mol. The van der Waals surface area contributed by atoms with E-state index in [0.29, 0.717) is 6.61 Å². The van der Waals surface area contributed by atoms with Gasteiger partial charge >= 0.3 is 0 Å². The Hall–Kier alpha value is -2.99. The summed E-state index contributed by atoms with van der Waals surface area (Å²) >= 11 is 1.64. The normalized spacial score (nSPS) is 16.0. The standard InChI is InChI=1S/C21H18N4OS/c1-13-23-18(14-6-7-17-20(10-14)27-12-22-17)11-21(24-13)25-16-8-9-26-19-5-3-2-4-15(16)19/h2-7,10-12,16H,8-9H2,1H3,(H,23,24,25)/t16-/m1/s1. The maximum absolute atomic E-state index is 5.76.